The largest absolute Gasteiger partial charge is 0.465 e. The van der Waals surface area contributed by atoms with Gasteiger partial charge in [-0.2, -0.15) is 5.26 Å². The van der Waals surface area contributed by atoms with Crippen molar-refractivity contribution in [2.45, 2.75) is 26.7 Å². The molecule has 6 heteroatoms. The summed E-state index contributed by atoms with van der Waals surface area (Å²) in [6.45, 7) is 3.84. The van der Waals surface area contributed by atoms with Crippen LogP contribution in [0.3, 0.4) is 0 Å². The van der Waals surface area contributed by atoms with Gasteiger partial charge in [0.2, 0.25) is 0 Å². The van der Waals surface area contributed by atoms with Gasteiger partial charge in [0.15, 0.2) is 0 Å². The predicted molar refractivity (Wildman–Crippen MR) is 56.0 cm³/mol. The number of rotatable bonds is 3. The Kier molecular flexibility index (Phi) is 9.22. The smallest absolute Gasteiger partial charge is 0.404 e. The van der Waals surface area contributed by atoms with Crippen molar-refractivity contribution in [2.75, 3.05) is 7.05 Å². The zero-order valence-corrected chi connectivity index (χ0v) is 9.19. The van der Waals surface area contributed by atoms with Crippen LogP contribution in [-0.2, 0) is 0 Å². The number of carboxylic acid groups (broad SMARTS) is 1. The van der Waals surface area contributed by atoms with E-state index in [4.69, 9.17) is 15.6 Å². The first kappa shape index (κ1) is 15.7. The molecule has 6 nitrogen and oxygen atoms in total. The second kappa shape index (κ2) is 8.81. The van der Waals surface area contributed by atoms with Crippen LogP contribution >= 0.6 is 0 Å². The van der Waals surface area contributed by atoms with Crippen LogP contribution in [-0.4, -0.2) is 29.7 Å². The number of carbonyl (C=O) groups is 1. The molecule has 3 N–H and O–H groups in total. The molecule has 0 saturated heterocycles. The summed E-state index contributed by atoms with van der Waals surface area (Å²) in [5.74, 6) is 0. The first-order valence-electron chi connectivity index (χ1n) is 4.36. The van der Waals surface area contributed by atoms with Gasteiger partial charge in [-0.05, 0) is 6.42 Å². The zero-order valence-electron chi connectivity index (χ0n) is 9.19. The molecule has 0 aliphatic heterocycles. The van der Waals surface area contributed by atoms with Gasteiger partial charge in [0.1, 0.15) is 0 Å². The quantitative estimate of drug-likeness (QED) is 0.378. The van der Waals surface area contributed by atoms with Gasteiger partial charge in [0.05, 0.1) is 6.07 Å². The van der Waals surface area contributed by atoms with Crippen LogP contribution in [0.5, 0.6) is 0 Å². The van der Waals surface area contributed by atoms with Crippen LogP contribution < -0.4 is 5.32 Å². The minimum Gasteiger partial charge on any atom is -0.465 e. The van der Waals surface area contributed by atoms with Crippen molar-refractivity contribution >= 4 is 12.3 Å². The molecule has 0 aliphatic rings. The van der Waals surface area contributed by atoms with E-state index in [1.165, 1.54) is 13.3 Å². The van der Waals surface area contributed by atoms with Crippen LogP contribution in [0.1, 0.15) is 26.7 Å². The maximum absolute atomic E-state index is 9.26. The fraction of sp³-hybridized carbons (Fsp3) is 0.667. The Hall–Kier alpha value is -1.77. The molecular formula is C9H17N3O3. The van der Waals surface area contributed by atoms with E-state index in [9.17, 15) is 4.79 Å². The summed E-state index contributed by atoms with van der Waals surface area (Å²) < 4.78 is 0. The SMILES string of the molecule is CC(C)(C=NO)CCC#N.CNC(=O)O. The number of oxime groups is 1. The molecule has 0 bridgehead atoms. The molecule has 0 saturated carbocycles. The first-order chi connectivity index (χ1) is 6.89. The lowest BCUT2D eigenvalue weighted by Crippen LogP contribution is -2.13. The van der Waals surface area contributed by atoms with Crippen molar-refractivity contribution in [3.8, 4) is 6.07 Å². The van der Waals surface area contributed by atoms with E-state index in [-0.39, 0.29) is 5.41 Å². The Bertz CT molecular complexity index is 243. The maximum atomic E-state index is 9.26. The minimum absolute atomic E-state index is 0.162. The van der Waals surface area contributed by atoms with Crippen molar-refractivity contribution in [3.63, 3.8) is 0 Å². The normalized spacial score (nSPS) is 10.0. The van der Waals surface area contributed by atoms with Crippen molar-refractivity contribution in [1.29, 1.82) is 5.26 Å². The number of nitriles is 1. The highest BCUT2D eigenvalue weighted by atomic mass is 16.4. The topological polar surface area (TPSA) is 106 Å². The third-order valence-electron chi connectivity index (χ3n) is 1.50. The van der Waals surface area contributed by atoms with Crippen LogP contribution in [0.15, 0.2) is 5.16 Å². The summed E-state index contributed by atoms with van der Waals surface area (Å²) in [4.78, 5) is 9.26. The highest BCUT2D eigenvalue weighted by Crippen LogP contribution is 2.18. The summed E-state index contributed by atoms with van der Waals surface area (Å²) in [7, 11) is 1.35. The summed E-state index contributed by atoms with van der Waals surface area (Å²) in [6, 6.07) is 2.04. The number of amides is 1. The fourth-order valence-electron chi connectivity index (χ4n) is 0.599. The number of hydrogen-bond donors (Lipinski definition) is 3. The Morgan fingerprint density at radius 1 is 1.67 bits per heavy atom. The van der Waals surface area contributed by atoms with Crippen LogP contribution in [0.2, 0.25) is 0 Å². The van der Waals surface area contributed by atoms with E-state index in [0.717, 1.165) is 6.42 Å². The Labute approximate surface area is 89.2 Å². The number of nitrogens with one attached hydrogen (secondary N) is 1. The van der Waals surface area contributed by atoms with E-state index in [1.54, 1.807) is 0 Å². The molecule has 0 aromatic heterocycles. The predicted octanol–water partition coefficient (Wildman–Crippen LogP) is 1.66. The Morgan fingerprint density at radius 2 is 2.13 bits per heavy atom. The summed E-state index contributed by atoms with van der Waals surface area (Å²) in [6.07, 6.45) is 1.68. The highest BCUT2D eigenvalue weighted by molar-refractivity contribution is 5.64. The van der Waals surface area contributed by atoms with Crippen LogP contribution in [0.25, 0.3) is 0 Å². The van der Waals surface area contributed by atoms with E-state index in [1.807, 2.05) is 25.2 Å². The van der Waals surface area contributed by atoms with Crippen molar-refractivity contribution in [3.05, 3.63) is 0 Å². The summed E-state index contributed by atoms with van der Waals surface area (Å²) in [5.41, 5.74) is -0.162. The molecule has 0 heterocycles. The second-order valence-corrected chi connectivity index (χ2v) is 3.45. The molecule has 0 unspecified atom stereocenters. The maximum Gasteiger partial charge on any atom is 0.404 e. The van der Waals surface area contributed by atoms with Gasteiger partial charge in [0.25, 0.3) is 0 Å². The van der Waals surface area contributed by atoms with Gasteiger partial charge in [-0.25, -0.2) is 4.79 Å². The van der Waals surface area contributed by atoms with Gasteiger partial charge in [-0.1, -0.05) is 13.8 Å². The van der Waals surface area contributed by atoms with E-state index >= 15 is 0 Å². The molecule has 1 amide bonds. The molecule has 0 rings (SSSR count). The van der Waals surface area contributed by atoms with Crippen LogP contribution in [0, 0.1) is 16.7 Å². The molecule has 0 aliphatic carbocycles. The molecule has 0 aromatic carbocycles. The Morgan fingerprint density at radius 3 is 2.40 bits per heavy atom. The Balaban J connectivity index is 0. The second-order valence-electron chi connectivity index (χ2n) is 3.45. The molecule has 0 aromatic rings. The third kappa shape index (κ3) is 15.0. The van der Waals surface area contributed by atoms with Crippen LogP contribution in [0.4, 0.5) is 4.79 Å². The molecule has 0 spiro atoms. The monoisotopic (exact) mass is 215 g/mol. The number of nitrogens with zero attached hydrogens (tertiary/aromatic N) is 2. The average Bonchev–Trinajstić information content (AvgIpc) is 2.16. The van der Waals surface area contributed by atoms with Gasteiger partial charge >= 0.3 is 6.09 Å². The molecule has 0 fully saturated rings. The van der Waals surface area contributed by atoms with Crippen molar-refractivity contribution in [1.82, 2.24) is 5.32 Å². The average molecular weight is 215 g/mol. The lowest BCUT2D eigenvalue weighted by atomic mass is 9.90. The zero-order chi connectivity index (χ0) is 12.3. The lowest BCUT2D eigenvalue weighted by Gasteiger charge is -2.15. The standard InChI is InChI=1S/C7H12N2O.C2H5NO2/c1-7(2,6-9-10)4-3-5-8;1-3-2(4)5/h6,10H,3-4H2,1-2H3;3H,1H3,(H,4,5). The van der Waals surface area contributed by atoms with Gasteiger partial charge < -0.3 is 15.6 Å². The van der Waals surface area contributed by atoms with E-state index in [2.05, 4.69) is 5.16 Å². The molecule has 86 valence electrons. The molecule has 0 atom stereocenters. The summed E-state index contributed by atoms with van der Waals surface area (Å²) >= 11 is 0. The first-order valence-corrected chi connectivity index (χ1v) is 4.36. The van der Waals surface area contributed by atoms with Crippen molar-refractivity contribution in [2.24, 2.45) is 10.6 Å². The molecule has 0 radical (unpaired) electrons. The van der Waals surface area contributed by atoms with Gasteiger partial charge in [0, 0.05) is 25.1 Å². The van der Waals surface area contributed by atoms with Crippen molar-refractivity contribution < 1.29 is 15.1 Å². The third-order valence-corrected chi connectivity index (χ3v) is 1.50. The number of hydrogen-bond acceptors (Lipinski definition) is 4. The van der Waals surface area contributed by atoms with E-state index < -0.39 is 6.09 Å². The van der Waals surface area contributed by atoms with Gasteiger partial charge in [-0.3, -0.25) is 0 Å². The lowest BCUT2D eigenvalue weighted by molar-refractivity contribution is 0.197. The fourth-order valence-corrected chi connectivity index (χ4v) is 0.599. The van der Waals surface area contributed by atoms with E-state index in [0.29, 0.717) is 6.42 Å². The molecular weight excluding hydrogens is 198 g/mol. The minimum atomic E-state index is -0.995. The summed E-state index contributed by atoms with van der Waals surface area (Å²) in [5, 5.41) is 28.9. The highest BCUT2D eigenvalue weighted by Gasteiger charge is 2.13. The molecule has 15 heavy (non-hydrogen) atoms. The van der Waals surface area contributed by atoms with Gasteiger partial charge in [-0.15, -0.1) is 5.16 Å².